The van der Waals surface area contributed by atoms with Crippen LogP contribution in [0.4, 0.5) is 5.69 Å². The molecule has 1 atom stereocenters. The quantitative estimate of drug-likeness (QED) is 0.713. The van der Waals surface area contributed by atoms with Gasteiger partial charge in [0, 0.05) is 6.04 Å². The van der Waals surface area contributed by atoms with Gasteiger partial charge in [-0.2, -0.15) is 0 Å². The molecular formula is C20H26N2O4S. The maximum absolute atomic E-state index is 13.3. The number of carbonyl (C=O) groups excluding carboxylic acids is 1. The van der Waals surface area contributed by atoms with Crippen molar-refractivity contribution in [3.05, 3.63) is 54.6 Å². The van der Waals surface area contributed by atoms with Crippen LogP contribution in [0.25, 0.3) is 0 Å². The third-order valence-electron chi connectivity index (χ3n) is 4.07. The monoisotopic (exact) mass is 390 g/mol. The Hall–Kier alpha value is -2.54. The van der Waals surface area contributed by atoms with E-state index in [4.69, 9.17) is 4.74 Å². The third kappa shape index (κ3) is 5.23. The molecule has 7 heteroatoms. The van der Waals surface area contributed by atoms with E-state index >= 15 is 0 Å². The van der Waals surface area contributed by atoms with E-state index in [2.05, 4.69) is 5.32 Å². The largest absolute Gasteiger partial charge is 0.492 e. The predicted molar refractivity (Wildman–Crippen MR) is 106 cm³/mol. The summed E-state index contributed by atoms with van der Waals surface area (Å²) in [5.74, 6) is 0.0472. The van der Waals surface area contributed by atoms with Gasteiger partial charge in [0.1, 0.15) is 12.3 Å². The molecule has 0 spiro atoms. The van der Waals surface area contributed by atoms with Gasteiger partial charge in [0.15, 0.2) is 0 Å². The number of anilines is 1. The smallest absolute Gasteiger partial charge is 0.264 e. The molecule has 146 valence electrons. The van der Waals surface area contributed by atoms with Crippen LogP contribution in [0.1, 0.15) is 27.2 Å². The van der Waals surface area contributed by atoms with Crippen molar-refractivity contribution in [3.8, 4) is 5.75 Å². The Kier molecular flexibility index (Phi) is 7.24. The van der Waals surface area contributed by atoms with Crippen LogP contribution in [0.2, 0.25) is 0 Å². The fourth-order valence-electron chi connectivity index (χ4n) is 2.51. The van der Waals surface area contributed by atoms with Crippen molar-refractivity contribution in [1.29, 1.82) is 0 Å². The molecule has 1 N–H and O–H groups in total. The van der Waals surface area contributed by atoms with Crippen molar-refractivity contribution in [1.82, 2.24) is 5.32 Å². The summed E-state index contributed by atoms with van der Waals surface area (Å²) in [6.07, 6.45) is 0.757. The van der Waals surface area contributed by atoms with E-state index in [1.54, 1.807) is 42.5 Å². The number of amides is 1. The van der Waals surface area contributed by atoms with Crippen LogP contribution in [0.5, 0.6) is 5.75 Å². The molecule has 0 bridgehead atoms. The number of benzene rings is 2. The topological polar surface area (TPSA) is 75.7 Å². The van der Waals surface area contributed by atoms with Crippen LogP contribution in [-0.2, 0) is 14.8 Å². The predicted octanol–water partition coefficient (Wildman–Crippen LogP) is 3.20. The average molecular weight is 391 g/mol. The Bertz CT molecular complexity index is 853. The fourth-order valence-corrected chi connectivity index (χ4v) is 3.97. The molecule has 0 aliphatic rings. The van der Waals surface area contributed by atoms with Crippen LogP contribution in [0.15, 0.2) is 59.5 Å². The van der Waals surface area contributed by atoms with Crippen molar-refractivity contribution < 1.29 is 17.9 Å². The maximum Gasteiger partial charge on any atom is 0.264 e. The molecule has 0 heterocycles. The van der Waals surface area contributed by atoms with Gasteiger partial charge in [0.2, 0.25) is 5.91 Å². The number of para-hydroxylation sites is 2. The fraction of sp³-hybridized carbons (Fsp3) is 0.350. The van der Waals surface area contributed by atoms with Gasteiger partial charge < -0.3 is 10.1 Å². The summed E-state index contributed by atoms with van der Waals surface area (Å²) in [7, 11) is -3.94. The highest BCUT2D eigenvalue weighted by atomic mass is 32.2. The number of carbonyl (C=O) groups is 1. The first-order valence-corrected chi connectivity index (χ1v) is 10.4. The molecule has 1 amide bonds. The molecule has 27 heavy (non-hydrogen) atoms. The van der Waals surface area contributed by atoms with Gasteiger partial charge in [-0.05, 0) is 44.5 Å². The zero-order chi connectivity index (χ0) is 19.9. The zero-order valence-electron chi connectivity index (χ0n) is 15.9. The molecule has 0 unspecified atom stereocenters. The maximum atomic E-state index is 13.3. The molecule has 0 saturated heterocycles. The van der Waals surface area contributed by atoms with Crippen LogP contribution >= 0.6 is 0 Å². The standard InChI is InChI=1S/C20H26N2O4S/c1-4-16(3)21-20(23)15-22(18-13-9-10-14-19(18)26-5-2)27(24,25)17-11-7-6-8-12-17/h6-14,16H,4-5,15H2,1-3H3,(H,21,23)/t16-/m0/s1. The van der Waals surface area contributed by atoms with Crippen molar-refractivity contribution in [2.45, 2.75) is 38.1 Å². The van der Waals surface area contributed by atoms with E-state index in [0.717, 1.165) is 10.7 Å². The molecule has 0 radical (unpaired) electrons. The summed E-state index contributed by atoms with van der Waals surface area (Å²) in [4.78, 5) is 12.6. The number of sulfonamides is 1. The SMILES string of the molecule is CCOc1ccccc1N(CC(=O)N[C@@H](C)CC)S(=O)(=O)c1ccccc1. The van der Waals surface area contributed by atoms with Crippen molar-refractivity contribution in [2.75, 3.05) is 17.5 Å². The first-order valence-electron chi connectivity index (χ1n) is 8.99. The first kappa shape index (κ1) is 20.8. The van der Waals surface area contributed by atoms with Gasteiger partial charge in [-0.15, -0.1) is 0 Å². The lowest BCUT2D eigenvalue weighted by atomic mass is 10.2. The number of nitrogens with one attached hydrogen (secondary N) is 1. The van der Waals surface area contributed by atoms with E-state index in [-0.39, 0.29) is 23.4 Å². The lowest BCUT2D eigenvalue weighted by Gasteiger charge is -2.26. The number of ether oxygens (including phenoxy) is 1. The van der Waals surface area contributed by atoms with E-state index in [1.807, 2.05) is 20.8 Å². The Morgan fingerprint density at radius 1 is 1.07 bits per heavy atom. The highest BCUT2D eigenvalue weighted by Crippen LogP contribution is 2.32. The Balaban J connectivity index is 2.48. The molecule has 0 aliphatic carbocycles. The normalized spacial score (nSPS) is 12.3. The summed E-state index contributed by atoms with van der Waals surface area (Å²) >= 11 is 0. The first-order chi connectivity index (χ1) is 12.9. The zero-order valence-corrected chi connectivity index (χ0v) is 16.7. The van der Waals surface area contributed by atoms with Crippen molar-refractivity contribution in [2.24, 2.45) is 0 Å². The molecule has 0 fully saturated rings. The minimum absolute atomic E-state index is 0.0408. The van der Waals surface area contributed by atoms with E-state index in [9.17, 15) is 13.2 Å². The summed E-state index contributed by atoms with van der Waals surface area (Å²) in [5, 5.41) is 2.82. The Morgan fingerprint density at radius 3 is 2.33 bits per heavy atom. The second-order valence-corrected chi connectivity index (χ2v) is 7.96. The summed E-state index contributed by atoms with van der Waals surface area (Å²) in [6, 6.07) is 14.8. The van der Waals surface area contributed by atoms with Gasteiger partial charge in [0.05, 0.1) is 17.2 Å². The van der Waals surface area contributed by atoms with Gasteiger partial charge in [-0.3, -0.25) is 9.10 Å². The average Bonchev–Trinajstić information content (AvgIpc) is 2.67. The molecule has 0 saturated carbocycles. The van der Waals surface area contributed by atoms with Gasteiger partial charge >= 0.3 is 0 Å². The number of rotatable bonds is 9. The van der Waals surface area contributed by atoms with Crippen LogP contribution in [0.3, 0.4) is 0 Å². The lowest BCUT2D eigenvalue weighted by molar-refractivity contribution is -0.120. The van der Waals surface area contributed by atoms with Crippen LogP contribution in [0, 0.1) is 0 Å². The minimum Gasteiger partial charge on any atom is -0.492 e. The van der Waals surface area contributed by atoms with Gasteiger partial charge in [-0.25, -0.2) is 8.42 Å². The number of hydrogen-bond donors (Lipinski definition) is 1. The molecular weight excluding hydrogens is 364 g/mol. The van der Waals surface area contributed by atoms with Gasteiger partial charge in [-0.1, -0.05) is 37.3 Å². The van der Waals surface area contributed by atoms with Crippen molar-refractivity contribution in [3.63, 3.8) is 0 Å². The molecule has 2 rings (SSSR count). The lowest BCUT2D eigenvalue weighted by Crippen LogP contribution is -2.43. The molecule has 2 aromatic carbocycles. The second-order valence-electron chi connectivity index (χ2n) is 6.10. The minimum atomic E-state index is -3.94. The molecule has 2 aromatic rings. The third-order valence-corrected chi connectivity index (χ3v) is 5.85. The highest BCUT2D eigenvalue weighted by Gasteiger charge is 2.29. The van der Waals surface area contributed by atoms with E-state index in [0.29, 0.717) is 18.0 Å². The molecule has 0 aromatic heterocycles. The summed E-state index contributed by atoms with van der Waals surface area (Å²) < 4.78 is 33.2. The summed E-state index contributed by atoms with van der Waals surface area (Å²) in [6.45, 7) is 5.71. The van der Waals surface area contributed by atoms with Gasteiger partial charge in [0.25, 0.3) is 10.0 Å². The molecule has 6 nitrogen and oxygen atoms in total. The van der Waals surface area contributed by atoms with E-state index < -0.39 is 10.0 Å². The number of hydrogen-bond acceptors (Lipinski definition) is 4. The molecule has 0 aliphatic heterocycles. The van der Waals surface area contributed by atoms with Crippen LogP contribution in [-0.4, -0.2) is 33.5 Å². The summed E-state index contributed by atoms with van der Waals surface area (Å²) in [5.41, 5.74) is 0.336. The second kappa shape index (κ2) is 9.41. The Labute approximate surface area is 161 Å². The van der Waals surface area contributed by atoms with Crippen molar-refractivity contribution >= 4 is 21.6 Å². The Morgan fingerprint density at radius 2 is 1.70 bits per heavy atom. The highest BCUT2D eigenvalue weighted by molar-refractivity contribution is 7.92. The van der Waals surface area contributed by atoms with Crippen LogP contribution < -0.4 is 14.4 Å². The van der Waals surface area contributed by atoms with E-state index in [1.165, 1.54) is 12.1 Å². The number of nitrogens with zero attached hydrogens (tertiary/aromatic N) is 1.